The number of hydrogen-bond donors (Lipinski definition) is 1. The standard InChI is InChI=1S/C15H18N2/c1-3-12-7-9-13(10-8-12)15(16)14-6-4-5-11(2)17-14/h4-10,15H,3,16H2,1-2H3. The van der Waals surface area contributed by atoms with Crippen molar-refractivity contribution in [3.8, 4) is 0 Å². The molecule has 17 heavy (non-hydrogen) atoms. The summed E-state index contributed by atoms with van der Waals surface area (Å²) in [6.07, 6.45) is 1.05. The number of benzene rings is 1. The maximum absolute atomic E-state index is 6.21. The summed E-state index contributed by atoms with van der Waals surface area (Å²) in [7, 11) is 0. The topological polar surface area (TPSA) is 38.9 Å². The van der Waals surface area contributed by atoms with Gasteiger partial charge in [-0.1, -0.05) is 37.3 Å². The van der Waals surface area contributed by atoms with Gasteiger partial charge in [-0.15, -0.1) is 0 Å². The monoisotopic (exact) mass is 226 g/mol. The van der Waals surface area contributed by atoms with Gasteiger partial charge in [0.15, 0.2) is 0 Å². The van der Waals surface area contributed by atoms with E-state index in [9.17, 15) is 0 Å². The molecule has 2 aromatic rings. The van der Waals surface area contributed by atoms with Crippen molar-refractivity contribution in [3.05, 3.63) is 65.0 Å². The molecule has 2 N–H and O–H groups in total. The SMILES string of the molecule is CCc1ccc(C(N)c2cccc(C)n2)cc1. The Bertz CT molecular complexity index is 489. The first-order valence-corrected chi connectivity index (χ1v) is 5.98. The van der Waals surface area contributed by atoms with Crippen molar-refractivity contribution in [2.75, 3.05) is 0 Å². The molecule has 0 aliphatic carbocycles. The first-order valence-electron chi connectivity index (χ1n) is 5.98. The van der Waals surface area contributed by atoms with Crippen LogP contribution in [-0.2, 0) is 6.42 Å². The van der Waals surface area contributed by atoms with Crippen LogP contribution in [0.1, 0.15) is 35.5 Å². The van der Waals surface area contributed by atoms with Crippen molar-refractivity contribution < 1.29 is 0 Å². The largest absolute Gasteiger partial charge is 0.319 e. The van der Waals surface area contributed by atoms with Crippen LogP contribution in [0.15, 0.2) is 42.5 Å². The lowest BCUT2D eigenvalue weighted by Gasteiger charge is -2.12. The van der Waals surface area contributed by atoms with Crippen molar-refractivity contribution in [3.63, 3.8) is 0 Å². The van der Waals surface area contributed by atoms with Gasteiger partial charge in [0, 0.05) is 5.69 Å². The van der Waals surface area contributed by atoms with E-state index in [-0.39, 0.29) is 6.04 Å². The van der Waals surface area contributed by atoms with Gasteiger partial charge in [-0.3, -0.25) is 4.98 Å². The van der Waals surface area contributed by atoms with Gasteiger partial charge in [0.05, 0.1) is 11.7 Å². The molecule has 0 fully saturated rings. The van der Waals surface area contributed by atoms with Crippen molar-refractivity contribution in [1.82, 2.24) is 4.98 Å². The molecule has 0 radical (unpaired) electrons. The molecule has 0 bridgehead atoms. The lowest BCUT2D eigenvalue weighted by Crippen LogP contribution is -2.13. The molecule has 2 nitrogen and oxygen atoms in total. The number of nitrogens with zero attached hydrogens (tertiary/aromatic N) is 1. The molecule has 88 valence electrons. The normalized spacial score (nSPS) is 12.4. The van der Waals surface area contributed by atoms with Gasteiger partial charge in [0.25, 0.3) is 0 Å². The molecular formula is C15H18N2. The summed E-state index contributed by atoms with van der Waals surface area (Å²) in [6.45, 7) is 4.13. The number of aromatic nitrogens is 1. The second-order valence-electron chi connectivity index (χ2n) is 4.28. The van der Waals surface area contributed by atoms with Crippen molar-refractivity contribution in [1.29, 1.82) is 0 Å². The highest BCUT2D eigenvalue weighted by Crippen LogP contribution is 2.18. The molecule has 0 amide bonds. The molecule has 1 aromatic carbocycles. The van der Waals surface area contributed by atoms with E-state index in [2.05, 4.69) is 36.2 Å². The predicted octanol–water partition coefficient (Wildman–Crippen LogP) is 3.00. The minimum Gasteiger partial charge on any atom is -0.319 e. The van der Waals surface area contributed by atoms with Crippen LogP contribution in [-0.4, -0.2) is 4.98 Å². The fraction of sp³-hybridized carbons (Fsp3) is 0.267. The molecule has 1 atom stereocenters. The van der Waals surface area contributed by atoms with E-state index in [0.717, 1.165) is 23.4 Å². The Hall–Kier alpha value is -1.67. The fourth-order valence-corrected chi connectivity index (χ4v) is 1.87. The smallest absolute Gasteiger partial charge is 0.0726 e. The lowest BCUT2D eigenvalue weighted by molar-refractivity contribution is 0.820. The van der Waals surface area contributed by atoms with Gasteiger partial charge < -0.3 is 5.73 Å². The Balaban J connectivity index is 2.27. The number of rotatable bonds is 3. The summed E-state index contributed by atoms with van der Waals surface area (Å²) >= 11 is 0. The third-order valence-corrected chi connectivity index (χ3v) is 2.98. The maximum atomic E-state index is 6.21. The molecule has 1 heterocycles. The van der Waals surface area contributed by atoms with Gasteiger partial charge in [-0.05, 0) is 36.6 Å². The Kier molecular flexibility index (Phi) is 3.55. The lowest BCUT2D eigenvalue weighted by atomic mass is 10.0. The molecule has 1 unspecified atom stereocenters. The van der Waals surface area contributed by atoms with Crippen LogP contribution in [0.4, 0.5) is 0 Å². The summed E-state index contributed by atoms with van der Waals surface area (Å²) < 4.78 is 0. The van der Waals surface area contributed by atoms with E-state index >= 15 is 0 Å². The average molecular weight is 226 g/mol. The summed E-state index contributed by atoms with van der Waals surface area (Å²) in [5.74, 6) is 0. The molecule has 0 spiro atoms. The summed E-state index contributed by atoms with van der Waals surface area (Å²) in [5.41, 5.74) is 10.6. The minimum absolute atomic E-state index is 0.138. The van der Waals surface area contributed by atoms with Crippen molar-refractivity contribution in [2.24, 2.45) is 5.73 Å². The van der Waals surface area contributed by atoms with Crippen LogP contribution in [0, 0.1) is 6.92 Å². The number of pyridine rings is 1. The number of hydrogen-bond acceptors (Lipinski definition) is 2. The summed E-state index contributed by atoms with van der Waals surface area (Å²) in [6, 6.07) is 14.3. The molecule has 0 aliphatic rings. The van der Waals surface area contributed by atoms with Crippen LogP contribution < -0.4 is 5.73 Å². The zero-order valence-electron chi connectivity index (χ0n) is 10.4. The minimum atomic E-state index is -0.138. The molecule has 2 heteroatoms. The molecule has 0 saturated heterocycles. The second kappa shape index (κ2) is 5.11. The first kappa shape index (κ1) is 11.8. The third kappa shape index (κ3) is 2.71. The Labute approximate surface area is 103 Å². The Morgan fingerprint density at radius 3 is 2.41 bits per heavy atom. The van der Waals surface area contributed by atoms with Gasteiger partial charge in [0.1, 0.15) is 0 Å². The van der Waals surface area contributed by atoms with Crippen LogP contribution >= 0.6 is 0 Å². The van der Waals surface area contributed by atoms with E-state index in [1.807, 2.05) is 25.1 Å². The molecule has 2 rings (SSSR count). The second-order valence-corrected chi connectivity index (χ2v) is 4.28. The van der Waals surface area contributed by atoms with Crippen LogP contribution in [0.3, 0.4) is 0 Å². The quantitative estimate of drug-likeness (QED) is 0.873. The molecular weight excluding hydrogens is 208 g/mol. The molecule has 1 aromatic heterocycles. The van der Waals surface area contributed by atoms with E-state index in [0.29, 0.717) is 0 Å². The Morgan fingerprint density at radius 1 is 1.12 bits per heavy atom. The number of nitrogens with two attached hydrogens (primary N) is 1. The van der Waals surface area contributed by atoms with E-state index in [1.165, 1.54) is 5.56 Å². The molecule has 0 aliphatic heterocycles. The summed E-state index contributed by atoms with van der Waals surface area (Å²) in [5, 5.41) is 0. The zero-order chi connectivity index (χ0) is 12.3. The molecule has 0 saturated carbocycles. The first-order chi connectivity index (χ1) is 8.20. The van der Waals surface area contributed by atoms with Gasteiger partial charge in [-0.2, -0.15) is 0 Å². The highest BCUT2D eigenvalue weighted by atomic mass is 14.8. The average Bonchev–Trinajstić information content (AvgIpc) is 2.38. The van der Waals surface area contributed by atoms with Gasteiger partial charge >= 0.3 is 0 Å². The van der Waals surface area contributed by atoms with Crippen molar-refractivity contribution >= 4 is 0 Å². The maximum Gasteiger partial charge on any atom is 0.0726 e. The van der Waals surface area contributed by atoms with E-state index < -0.39 is 0 Å². The summed E-state index contributed by atoms with van der Waals surface area (Å²) in [4.78, 5) is 4.47. The third-order valence-electron chi connectivity index (χ3n) is 2.98. The number of aryl methyl sites for hydroxylation is 2. The van der Waals surface area contributed by atoms with Crippen LogP contribution in [0.2, 0.25) is 0 Å². The van der Waals surface area contributed by atoms with Crippen molar-refractivity contribution in [2.45, 2.75) is 26.3 Å². The highest BCUT2D eigenvalue weighted by Gasteiger charge is 2.09. The van der Waals surface area contributed by atoms with Gasteiger partial charge in [-0.25, -0.2) is 0 Å². The van der Waals surface area contributed by atoms with E-state index in [4.69, 9.17) is 5.73 Å². The van der Waals surface area contributed by atoms with E-state index in [1.54, 1.807) is 0 Å². The highest BCUT2D eigenvalue weighted by molar-refractivity contribution is 5.30. The fourth-order valence-electron chi connectivity index (χ4n) is 1.87. The Morgan fingerprint density at radius 2 is 1.82 bits per heavy atom. The van der Waals surface area contributed by atoms with Gasteiger partial charge in [0.2, 0.25) is 0 Å². The van der Waals surface area contributed by atoms with Crippen LogP contribution in [0.25, 0.3) is 0 Å². The zero-order valence-corrected chi connectivity index (χ0v) is 10.4. The predicted molar refractivity (Wildman–Crippen MR) is 70.8 cm³/mol. The van der Waals surface area contributed by atoms with Crippen LogP contribution in [0.5, 0.6) is 0 Å².